The van der Waals surface area contributed by atoms with Crippen molar-refractivity contribution in [1.82, 2.24) is 15.0 Å². The predicted octanol–water partition coefficient (Wildman–Crippen LogP) is 10.9. The van der Waals surface area contributed by atoms with Gasteiger partial charge in [-0.05, 0) is 62.4 Å². The van der Waals surface area contributed by atoms with Crippen molar-refractivity contribution in [2.45, 2.75) is 15.2 Å². The monoisotopic (exact) mass is 629 g/mol. The highest BCUT2D eigenvalue weighted by atomic mass is 32.2. The van der Waals surface area contributed by atoms with Gasteiger partial charge in [-0.1, -0.05) is 157 Å². The summed E-state index contributed by atoms with van der Waals surface area (Å²) in [6.07, 6.45) is 0. The van der Waals surface area contributed by atoms with Gasteiger partial charge in [-0.2, -0.15) is 0 Å². The van der Waals surface area contributed by atoms with E-state index >= 15 is 0 Å². The Morgan fingerprint density at radius 1 is 0.375 bits per heavy atom. The van der Waals surface area contributed by atoms with E-state index in [9.17, 15) is 0 Å². The van der Waals surface area contributed by atoms with Crippen molar-refractivity contribution >= 4 is 22.5 Å². The second kappa shape index (κ2) is 10.6. The number of benzene rings is 7. The average molecular weight is 630 g/mol. The number of rotatable bonds is 3. The lowest BCUT2D eigenvalue weighted by Crippen LogP contribution is -2.31. The van der Waals surface area contributed by atoms with Crippen LogP contribution in [0.25, 0.3) is 56.1 Å². The zero-order valence-electron chi connectivity index (χ0n) is 25.8. The fraction of sp³-hybridized carbons (Fsp3) is 0.0227. The van der Waals surface area contributed by atoms with Gasteiger partial charge in [0.2, 0.25) is 0 Å². The van der Waals surface area contributed by atoms with E-state index in [1.807, 2.05) is 30.0 Å². The molecule has 0 radical (unpaired) electrons. The van der Waals surface area contributed by atoms with Crippen LogP contribution >= 0.6 is 11.8 Å². The van der Waals surface area contributed by atoms with Crippen molar-refractivity contribution in [3.63, 3.8) is 0 Å². The molecule has 0 saturated heterocycles. The van der Waals surface area contributed by atoms with Gasteiger partial charge in [-0.3, -0.25) is 0 Å². The van der Waals surface area contributed by atoms with Gasteiger partial charge in [0, 0.05) is 26.5 Å². The van der Waals surface area contributed by atoms with E-state index < -0.39 is 5.41 Å². The third-order valence-corrected chi connectivity index (χ3v) is 10.9. The van der Waals surface area contributed by atoms with Crippen molar-refractivity contribution in [2.75, 3.05) is 0 Å². The van der Waals surface area contributed by atoms with Crippen LogP contribution in [0.15, 0.2) is 174 Å². The smallest absolute Gasteiger partial charge is 0.164 e. The van der Waals surface area contributed by atoms with Gasteiger partial charge in [0.05, 0.1) is 5.41 Å². The van der Waals surface area contributed by atoms with Crippen molar-refractivity contribution in [3.8, 4) is 45.3 Å². The Bertz CT molecular complexity index is 2510. The van der Waals surface area contributed by atoms with Crippen molar-refractivity contribution < 1.29 is 0 Å². The molecule has 48 heavy (non-hydrogen) atoms. The van der Waals surface area contributed by atoms with E-state index in [0.717, 1.165) is 22.1 Å². The second-order valence-corrected chi connectivity index (χ2v) is 13.4. The summed E-state index contributed by atoms with van der Waals surface area (Å²) in [7, 11) is 0. The fourth-order valence-corrected chi connectivity index (χ4v) is 8.95. The maximum atomic E-state index is 5.25. The highest BCUT2D eigenvalue weighted by Gasteiger charge is 2.50. The molecule has 0 fully saturated rings. The lowest BCUT2D eigenvalue weighted by Gasteiger charge is -2.39. The SMILES string of the molecule is c1ccc(-c2nc(-c3ccc4ccccc4c3)nc(-c3cccc4c3-c3ccccc3C43c4ccccc4Sc4ccccc43)n2)cc1. The molecule has 2 aliphatic rings. The average Bonchev–Trinajstić information content (AvgIpc) is 3.46. The molecule has 2 heterocycles. The second-order valence-electron chi connectivity index (χ2n) is 12.4. The molecule has 1 aliphatic heterocycles. The molecule has 8 aromatic rings. The molecule has 0 atom stereocenters. The largest absolute Gasteiger partial charge is 0.208 e. The first-order valence-electron chi connectivity index (χ1n) is 16.2. The minimum absolute atomic E-state index is 0.461. The Morgan fingerprint density at radius 3 is 1.71 bits per heavy atom. The molecular weight excluding hydrogens is 603 g/mol. The molecule has 1 aliphatic carbocycles. The summed E-state index contributed by atoms with van der Waals surface area (Å²) < 4.78 is 0. The van der Waals surface area contributed by atoms with Crippen LogP contribution in [-0.4, -0.2) is 15.0 Å². The molecule has 224 valence electrons. The van der Waals surface area contributed by atoms with E-state index in [0.29, 0.717) is 17.5 Å². The highest BCUT2D eigenvalue weighted by Crippen LogP contribution is 2.63. The molecule has 0 N–H and O–H groups in total. The van der Waals surface area contributed by atoms with Crippen LogP contribution in [0.2, 0.25) is 0 Å². The van der Waals surface area contributed by atoms with E-state index in [2.05, 4.69) is 146 Å². The Hall–Kier alpha value is -5.84. The third-order valence-electron chi connectivity index (χ3n) is 9.79. The summed E-state index contributed by atoms with van der Waals surface area (Å²) in [5, 5.41) is 2.34. The quantitative estimate of drug-likeness (QED) is 0.195. The molecular formula is C44H27N3S. The number of hydrogen-bond donors (Lipinski definition) is 0. The number of nitrogens with zero attached hydrogens (tertiary/aromatic N) is 3. The first kappa shape index (κ1) is 27.3. The Balaban J connectivity index is 1.27. The van der Waals surface area contributed by atoms with Gasteiger partial charge in [0.25, 0.3) is 0 Å². The summed E-state index contributed by atoms with van der Waals surface area (Å²) >= 11 is 1.86. The minimum Gasteiger partial charge on any atom is -0.208 e. The van der Waals surface area contributed by atoms with Crippen molar-refractivity contribution in [3.05, 3.63) is 186 Å². The van der Waals surface area contributed by atoms with Crippen LogP contribution < -0.4 is 0 Å². The molecule has 0 saturated carbocycles. The number of fused-ring (bicyclic) bond motifs is 10. The minimum atomic E-state index is -0.461. The van der Waals surface area contributed by atoms with Gasteiger partial charge in [0.1, 0.15) is 0 Å². The molecule has 0 unspecified atom stereocenters. The maximum Gasteiger partial charge on any atom is 0.164 e. The van der Waals surface area contributed by atoms with E-state index in [-0.39, 0.29) is 0 Å². The van der Waals surface area contributed by atoms with Crippen LogP contribution in [0.1, 0.15) is 22.3 Å². The summed E-state index contributed by atoms with van der Waals surface area (Å²) in [5.74, 6) is 1.99. The standard InChI is InChI=1S/C44H27N3S/c1-2-14-29(15-3-1)41-45-42(31-26-25-28-13-4-5-16-30(28)27-31)47-43(46-41)33-18-12-22-37-40(33)32-17-6-7-19-34(32)44(37)35-20-8-10-23-38(35)48-39-24-11-9-21-36(39)44/h1-27H. The number of hydrogen-bond acceptors (Lipinski definition) is 4. The highest BCUT2D eigenvalue weighted by molar-refractivity contribution is 7.99. The number of aromatic nitrogens is 3. The molecule has 0 amide bonds. The zero-order chi connectivity index (χ0) is 31.7. The predicted molar refractivity (Wildman–Crippen MR) is 195 cm³/mol. The van der Waals surface area contributed by atoms with Gasteiger partial charge in [-0.15, -0.1) is 0 Å². The first-order valence-corrected chi connectivity index (χ1v) is 17.0. The molecule has 3 nitrogen and oxygen atoms in total. The fourth-order valence-electron chi connectivity index (χ4n) is 7.76. The van der Waals surface area contributed by atoms with Crippen molar-refractivity contribution in [1.29, 1.82) is 0 Å². The Kier molecular flexibility index (Phi) is 6.02. The van der Waals surface area contributed by atoms with E-state index in [1.165, 1.54) is 48.6 Å². The summed E-state index contributed by atoms with van der Waals surface area (Å²) in [4.78, 5) is 18.1. The van der Waals surface area contributed by atoms with E-state index in [4.69, 9.17) is 15.0 Å². The lowest BCUT2D eigenvalue weighted by molar-refractivity contribution is 0.722. The van der Waals surface area contributed by atoms with Crippen LogP contribution in [0.5, 0.6) is 0 Å². The van der Waals surface area contributed by atoms with Crippen LogP contribution in [0.3, 0.4) is 0 Å². The van der Waals surface area contributed by atoms with Crippen molar-refractivity contribution in [2.24, 2.45) is 0 Å². The normalized spacial score (nSPS) is 13.5. The molecule has 1 spiro atoms. The first-order chi connectivity index (χ1) is 23.8. The molecule has 1 aromatic heterocycles. The molecule has 10 rings (SSSR count). The topological polar surface area (TPSA) is 38.7 Å². The van der Waals surface area contributed by atoms with Gasteiger partial charge in [-0.25, -0.2) is 15.0 Å². The van der Waals surface area contributed by atoms with E-state index in [1.54, 1.807) is 0 Å². The summed E-state index contributed by atoms with van der Waals surface area (Å²) in [5.41, 5.74) is 10.0. The lowest BCUT2D eigenvalue weighted by atomic mass is 9.67. The zero-order valence-corrected chi connectivity index (χ0v) is 26.7. The Labute approximate surface area is 283 Å². The summed E-state index contributed by atoms with van der Waals surface area (Å²) in [6.45, 7) is 0. The molecule has 0 bridgehead atoms. The van der Waals surface area contributed by atoms with Gasteiger partial charge < -0.3 is 0 Å². The third kappa shape index (κ3) is 3.93. The van der Waals surface area contributed by atoms with Crippen LogP contribution in [-0.2, 0) is 5.41 Å². The van der Waals surface area contributed by atoms with Gasteiger partial charge >= 0.3 is 0 Å². The maximum absolute atomic E-state index is 5.25. The molecule has 4 heteroatoms. The molecule has 7 aromatic carbocycles. The Morgan fingerprint density at radius 2 is 0.938 bits per heavy atom. The van der Waals surface area contributed by atoms with Crippen LogP contribution in [0, 0.1) is 0 Å². The van der Waals surface area contributed by atoms with Crippen LogP contribution in [0.4, 0.5) is 0 Å². The summed E-state index contributed by atoms with van der Waals surface area (Å²) in [6, 6.07) is 58.4. The van der Waals surface area contributed by atoms with Gasteiger partial charge in [0.15, 0.2) is 17.5 Å².